The van der Waals surface area contributed by atoms with Crippen LogP contribution in [0.15, 0.2) is 18.3 Å². The van der Waals surface area contributed by atoms with E-state index in [0.717, 1.165) is 12.3 Å². The molecule has 80 valence electrons. The first-order chi connectivity index (χ1) is 7.15. The topological polar surface area (TPSA) is 105 Å². The molecule has 0 fully saturated rings. The molecular weight excluding hydrogens is 202 g/mol. The van der Waals surface area contributed by atoms with E-state index in [1.807, 2.05) is 0 Å². The molecule has 0 saturated carbocycles. The highest BCUT2D eigenvalue weighted by atomic mass is 16.6. The molecule has 0 aliphatic carbocycles. The number of nitro groups is 1. The fourth-order valence-corrected chi connectivity index (χ4v) is 0.900. The fraction of sp³-hybridized carbons (Fsp3) is 0.250. The van der Waals surface area contributed by atoms with Crippen LogP contribution in [0.2, 0.25) is 0 Å². The lowest BCUT2D eigenvalue weighted by molar-refractivity contribution is -0.389. The standard InChI is InChI=1S/C8H9N3O4/c12-4-3-9-8(13)6-1-2-7(10-5-6)11(14)15/h1-2,5,12H,3-4H2,(H,9,13). The SMILES string of the molecule is O=C(NCCO)c1ccc([N+](=O)[O-])nc1. The molecule has 0 aromatic carbocycles. The van der Waals surface area contributed by atoms with Crippen molar-refractivity contribution in [2.45, 2.75) is 0 Å². The predicted molar refractivity (Wildman–Crippen MR) is 50.3 cm³/mol. The molecular formula is C8H9N3O4. The van der Waals surface area contributed by atoms with Gasteiger partial charge in [0.25, 0.3) is 5.91 Å². The van der Waals surface area contributed by atoms with Crippen LogP contribution in [-0.2, 0) is 0 Å². The van der Waals surface area contributed by atoms with Gasteiger partial charge in [-0.1, -0.05) is 0 Å². The molecule has 0 bridgehead atoms. The number of rotatable bonds is 4. The van der Waals surface area contributed by atoms with Crippen molar-refractivity contribution >= 4 is 11.7 Å². The summed E-state index contributed by atoms with van der Waals surface area (Å²) in [5.74, 6) is -0.736. The number of nitrogens with one attached hydrogen (secondary N) is 1. The average Bonchev–Trinajstić information content (AvgIpc) is 2.26. The first-order valence-electron chi connectivity index (χ1n) is 4.14. The quantitative estimate of drug-likeness (QED) is 0.526. The third-order valence-corrected chi connectivity index (χ3v) is 1.59. The second-order valence-electron chi connectivity index (χ2n) is 2.64. The Hall–Kier alpha value is -2.02. The maximum Gasteiger partial charge on any atom is 0.363 e. The number of carbonyl (C=O) groups is 1. The van der Waals surface area contributed by atoms with Crippen LogP contribution in [0.5, 0.6) is 0 Å². The molecule has 1 rings (SSSR count). The van der Waals surface area contributed by atoms with E-state index in [1.165, 1.54) is 6.07 Å². The molecule has 7 heteroatoms. The maximum absolute atomic E-state index is 11.3. The average molecular weight is 211 g/mol. The number of pyridine rings is 1. The molecule has 1 heterocycles. The summed E-state index contributed by atoms with van der Waals surface area (Å²) < 4.78 is 0. The highest BCUT2D eigenvalue weighted by Gasteiger charge is 2.10. The summed E-state index contributed by atoms with van der Waals surface area (Å²) in [5.41, 5.74) is 0.217. The van der Waals surface area contributed by atoms with Crippen LogP contribution in [0.4, 0.5) is 5.82 Å². The number of hydrogen-bond acceptors (Lipinski definition) is 5. The summed E-state index contributed by atoms with van der Waals surface area (Å²) in [7, 11) is 0. The van der Waals surface area contributed by atoms with E-state index < -0.39 is 10.8 Å². The summed E-state index contributed by atoms with van der Waals surface area (Å²) in [4.78, 5) is 24.4. The molecule has 1 aromatic rings. The van der Waals surface area contributed by atoms with Gasteiger partial charge >= 0.3 is 5.82 Å². The van der Waals surface area contributed by atoms with Gasteiger partial charge in [0.15, 0.2) is 6.20 Å². The molecule has 0 aliphatic heterocycles. The summed E-state index contributed by atoms with van der Waals surface area (Å²) >= 11 is 0. The molecule has 2 N–H and O–H groups in total. The second-order valence-corrected chi connectivity index (χ2v) is 2.64. The minimum atomic E-state index is -0.643. The largest absolute Gasteiger partial charge is 0.395 e. The minimum absolute atomic E-state index is 0.135. The lowest BCUT2D eigenvalue weighted by atomic mass is 10.2. The van der Waals surface area contributed by atoms with Crippen molar-refractivity contribution in [1.82, 2.24) is 10.3 Å². The van der Waals surface area contributed by atoms with Crippen molar-refractivity contribution in [3.63, 3.8) is 0 Å². The zero-order valence-electron chi connectivity index (χ0n) is 7.71. The Kier molecular flexibility index (Phi) is 3.69. The van der Waals surface area contributed by atoms with Gasteiger partial charge in [-0.25, -0.2) is 0 Å². The number of amides is 1. The molecule has 0 saturated heterocycles. The van der Waals surface area contributed by atoms with Crippen LogP contribution in [-0.4, -0.2) is 34.1 Å². The molecule has 0 radical (unpaired) electrons. The van der Waals surface area contributed by atoms with Crippen LogP contribution >= 0.6 is 0 Å². The van der Waals surface area contributed by atoms with Gasteiger partial charge < -0.3 is 20.5 Å². The zero-order valence-corrected chi connectivity index (χ0v) is 7.71. The molecule has 0 aliphatic rings. The lowest BCUT2D eigenvalue weighted by Crippen LogP contribution is -2.26. The van der Waals surface area contributed by atoms with E-state index in [9.17, 15) is 14.9 Å². The Labute approximate surface area is 84.9 Å². The number of aliphatic hydroxyl groups is 1. The normalized spacial score (nSPS) is 9.67. The Balaban J connectivity index is 2.71. The molecule has 15 heavy (non-hydrogen) atoms. The van der Waals surface area contributed by atoms with E-state index in [1.54, 1.807) is 0 Å². The summed E-state index contributed by atoms with van der Waals surface area (Å²) in [5, 5.41) is 21.1. The van der Waals surface area contributed by atoms with E-state index in [-0.39, 0.29) is 24.5 Å². The van der Waals surface area contributed by atoms with Crippen LogP contribution in [0.1, 0.15) is 10.4 Å². The van der Waals surface area contributed by atoms with E-state index >= 15 is 0 Å². The van der Waals surface area contributed by atoms with E-state index in [2.05, 4.69) is 10.3 Å². The van der Waals surface area contributed by atoms with Gasteiger partial charge in [0.1, 0.15) is 0 Å². The molecule has 1 amide bonds. The molecule has 1 aromatic heterocycles. The Morgan fingerprint density at radius 3 is 2.80 bits per heavy atom. The third kappa shape index (κ3) is 2.99. The van der Waals surface area contributed by atoms with E-state index in [0.29, 0.717) is 0 Å². The van der Waals surface area contributed by atoms with Gasteiger partial charge in [0, 0.05) is 12.6 Å². The number of hydrogen-bond donors (Lipinski definition) is 2. The van der Waals surface area contributed by atoms with Crippen LogP contribution in [0, 0.1) is 10.1 Å². The predicted octanol–water partition coefficient (Wildman–Crippen LogP) is -0.288. The van der Waals surface area contributed by atoms with Crippen molar-refractivity contribution < 1.29 is 14.8 Å². The van der Waals surface area contributed by atoms with Gasteiger partial charge in [-0.05, 0) is 16.0 Å². The highest BCUT2D eigenvalue weighted by Crippen LogP contribution is 2.06. The second kappa shape index (κ2) is 5.01. The van der Waals surface area contributed by atoms with Crippen LogP contribution < -0.4 is 5.32 Å². The maximum atomic E-state index is 11.3. The number of aromatic nitrogens is 1. The number of carbonyl (C=O) groups excluding carboxylic acids is 1. The van der Waals surface area contributed by atoms with Gasteiger partial charge in [-0.15, -0.1) is 0 Å². The highest BCUT2D eigenvalue weighted by molar-refractivity contribution is 5.93. The number of nitrogens with zero attached hydrogens (tertiary/aromatic N) is 2. The van der Waals surface area contributed by atoms with E-state index in [4.69, 9.17) is 5.11 Å². The van der Waals surface area contributed by atoms with Crippen molar-refractivity contribution in [3.05, 3.63) is 34.0 Å². The van der Waals surface area contributed by atoms with Crippen molar-refractivity contribution in [2.75, 3.05) is 13.2 Å². The molecule has 0 unspecified atom stereocenters. The molecule has 0 atom stereocenters. The molecule has 0 spiro atoms. The Morgan fingerprint density at radius 1 is 1.60 bits per heavy atom. The summed E-state index contributed by atoms with van der Waals surface area (Å²) in [6.45, 7) is -0.0258. The van der Waals surface area contributed by atoms with Gasteiger partial charge in [0.05, 0.1) is 12.2 Å². The minimum Gasteiger partial charge on any atom is -0.395 e. The van der Waals surface area contributed by atoms with Gasteiger partial charge in [-0.2, -0.15) is 0 Å². The zero-order chi connectivity index (χ0) is 11.3. The Morgan fingerprint density at radius 2 is 2.33 bits per heavy atom. The smallest absolute Gasteiger partial charge is 0.363 e. The van der Waals surface area contributed by atoms with Crippen LogP contribution in [0.3, 0.4) is 0 Å². The first-order valence-corrected chi connectivity index (χ1v) is 4.14. The van der Waals surface area contributed by atoms with Gasteiger partial charge in [-0.3, -0.25) is 4.79 Å². The monoisotopic (exact) mass is 211 g/mol. The molecule has 7 nitrogen and oxygen atoms in total. The van der Waals surface area contributed by atoms with Crippen LogP contribution in [0.25, 0.3) is 0 Å². The van der Waals surface area contributed by atoms with Crippen molar-refractivity contribution in [2.24, 2.45) is 0 Å². The summed E-state index contributed by atoms with van der Waals surface area (Å²) in [6.07, 6.45) is 1.12. The fourth-order valence-electron chi connectivity index (χ4n) is 0.900. The van der Waals surface area contributed by atoms with Gasteiger partial charge in [0.2, 0.25) is 0 Å². The first kappa shape index (κ1) is 11.1. The third-order valence-electron chi connectivity index (χ3n) is 1.59. The van der Waals surface area contributed by atoms with Crippen molar-refractivity contribution in [3.8, 4) is 0 Å². The Bertz CT molecular complexity index is 363. The van der Waals surface area contributed by atoms with Crippen molar-refractivity contribution in [1.29, 1.82) is 0 Å². The lowest BCUT2D eigenvalue weighted by Gasteiger charge is -2.00. The number of aliphatic hydroxyl groups excluding tert-OH is 1. The summed E-state index contributed by atoms with van der Waals surface area (Å²) in [6, 6.07) is 2.45.